The molecular formula is C13H17N3O3. The van der Waals surface area contributed by atoms with Crippen molar-refractivity contribution in [3.05, 3.63) is 35.9 Å². The number of hydrogen-bond donors (Lipinski definition) is 3. The van der Waals surface area contributed by atoms with Crippen molar-refractivity contribution in [1.82, 2.24) is 16.0 Å². The Kier molecular flexibility index (Phi) is 4.35. The predicted octanol–water partition coefficient (Wildman–Crippen LogP) is 0.172. The fourth-order valence-electron chi connectivity index (χ4n) is 1.93. The molecule has 6 heteroatoms. The maximum absolute atomic E-state index is 11.8. The van der Waals surface area contributed by atoms with Crippen LogP contribution in [0, 0.1) is 0 Å². The average Bonchev–Trinajstić information content (AvgIpc) is 2.87. The topological polar surface area (TPSA) is 79.5 Å². The molecule has 0 bridgehead atoms. The van der Waals surface area contributed by atoms with E-state index in [-0.39, 0.29) is 18.0 Å². The third-order valence-electron chi connectivity index (χ3n) is 3.01. The third kappa shape index (κ3) is 3.45. The van der Waals surface area contributed by atoms with Crippen molar-refractivity contribution in [2.24, 2.45) is 0 Å². The minimum absolute atomic E-state index is 0.199. The van der Waals surface area contributed by atoms with Gasteiger partial charge in [-0.2, -0.15) is 0 Å². The van der Waals surface area contributed by atoms with E-state index in [4.69, 9.17) is 4.74 Å². The number of nitrogens with one attached hydrogen (secondary N) is 3. The van der Waals surface area contributed by atoms with Gasteiger partial charge in [0.1, 0.15) is 6.04 Å². The average molecular weight is 263 g/mol. The summed E-state index contributed by atoms with van der Waals surface area (Å²) >= 11 is 0. The van der Waals surface area contributed by atoms with Crippen LogP contribution in [0.15, 0.2) is 30.3 Å². The fraction of sp³-hybridized carbons (Fsp3) is 0.385. The standard InChI is InChI=1S/C13H17N3O3/c1-19-11(9-5-3-2-4-6-9)8-14-12(17)10-7-15-13(18)16-10/h2-6,10-11H,7-8H2,1H3,(H,14,17)(H2,15,16,18)/t10-,11+/m1/s1. The van der Waals surface area contributed by atoms with E-state index >= 15 is 0 Å². The second-order valence-electron chi connectivity index (χ2n) is 4.29. The summed E-state index contributed by atoms with van der Waals surface area (Å²) in [6.07, 6.45) is -0.199. The van der Waals surface area contributed by atoms with E-state index in [1.54, 1.807) is 7.11 Å². The fourth-order valence-corrected chi connectivity index (χ4v) is 1.93. The zero-order valence-electron chi connectivity index (χ0n) is 10.7. The van der Waals surface area contributed by atoms with Crippen LogP contribution < -0.4 is 16.0 Å². The van der Waals surface area contributed by atoms with Crippen LogP contribution in [0.5, 0.6) is 0 Å². The highest BCUT2D eigenvalue weighted by Gasteiger charge is 2.26. The summed E-state index contributed by atoms with van der Waals surface area (Å²) in [5.74, 6) is -0.212. The molecule has 1 aromatic carbocycles. The Labute approximate surface area is 111 Å². The lowest BCUT2D eigenvalue weighted by Crippen LogP contribution is -2.44. The molecule has 3 N–H and O–H groups in total. The molecule has 2 atom stereocenters. The molecule has 2 rings (SSSR count). The highest BCUT2D eigenvalue weighted by Crippen LogP contribution is 2.14. The van der Waals surface area contributed by atoms with Crippen molar-refractivity contribution in [1.29, 1.82) is 0 Å². The van der Waals surface area contributed by atoms with Gasteiger partial charge in [0.15, 0.2) is 0 Å². The van der Waals surface area contributed by atoms with Gasteiger partial charge in [0, 0.05) is 20.2 Å². The molecule has 3 amide bonds. The smallest absolute Gasteiger partial charge is 0.315 e. The van der Waals surface area contributed by atoms with Crippen molar-refractivity contribution in [3.63, 3.8) is 0 Å². The highest BCUT2D eigenvalue weighted by atomic mass is 16.5. The lowest BCUT2D eigenvalue weighted by molar-refractivity contribution is -0.123. The van der Waals surface area contributed by atoms with Crippen LogP contribution in [0.2, 0.25) is 0 Å². The van der Waals surface area contributed by atoms with Gasteiger partial charge < -0.3 is 20.7 Å². The molecule has 19 heavy (non-hydrogen) atoms. The van der Waals surface area contributed by atoms with Crippen LogP contribution in [0.25, 0.3) is 0 Å². The van der Waals surface area contributed by atoms with Gasteiger partial charge in [-0.3, -0.25) is 4.79 Å². The summed E-state index contributed by atoms with van der Waals surface area (Å²) in [4.78, 5) is 22.8. The Morgan fingerprint density at radius 3 is 2.79 bits per heavy atom. The molecule has 0 unspecified atom stereocenters. The quantitative estimate of drug-likeness (QED) is 0.708. The van der Waals surface area contributed by atoms with Gasteiger partial charge in [-0.15, -0.1) is 0 Å². The third-order valence-corrected chi connectivity index (χ3v) is 3.01. The number of hydrogen-bond acceptors (Lipinski definition) is 3. The molecule has 6 nitrogen and oxygen atoms in total. The highest BCUT2D eigenvalue weighted by molar-refractivity contribution is 5.90. The summed E-state index contributed by atoms with van der Waals surface area (Å²) in [5, 5.41) is 7.85. The van der Waals surface area contributed by atoms with Gasteiger partial charge in [0.2, 0.25) is 5.91 Å². The van der Waals surface area contributed by atoms with E-state index < -0.39 is 6.04 Å². The van der Waals surface area contributed by atoms with Crippen LogP contribution in [-0.4, -0.2) is 38.2 Å². The number of ether oxygens (including phenoxy) is 1. The molecule has 1 fully saturated rings. The molecule has 0 saturated carbocycles. The molecule has 102 valence electrons. The number of rotatable bonds is 5. The van der Waals surface area contributed by atoms with Crippen molar-refractivity contribution in [3.8, 4) is 0 Å². The Morgan fingerprint density at radius 1 is 1.47 bits per heavy atom. The molecule has 0 aliphatic carbocycles. The second kappa shape index (κ2) is 6.19. The van der Waals surface area contributed by atoms with Crippen molar-refractivity contribution in [2.45, 2.75) is 12.1 Å². The molecule has 0 aromatic heterocycles. The van der Waals surface area contributed by atoms with E-state index in [1.165, 1.54) is 0 Å². The van der Waals surface area contributed by atoms with E-state index in [0.717, 1.165) is 5.56 Å². The maximum atomic E-state index is 11.8. The van der Waals surface area contributed by atoms with Crippen LogP contribution >= 0.6 is 0 Å². The summed E-state index contributed by atoms with van der Waals surface area (Å²) in [6.45, 7) is 0.680. The van der Waals surface area contributed by atoms with Crippen LogP contribution in [0.4, 0.5) is 4.79 Å². The number of urea groups is 1. The second-order valence-corrected chi connectivity index (χ2v) is 4.29. The maximum Gasteiger partial charge on any atom is 0.315 e. The monoisotopic (exact) mass is 263 g/mol. The van der Waals surface area contributed by atoms with Gasteiger partial charge in [-0.05, 0) is 5.56 Å². The Morgan fingerprint density at radius 2 is 2.21 bits per heavy atom. The Balaban J connectivity index is 1.86. The summed E-state index contributed by atoms with van der Waals surface area (Å²) in [7, 11) is 1.60. The SMILES string of the molecule is CO[C@@H](CNC(=O)[C@H]1CNC(=O)N1)c1ccccc1. The van der Waals surface area contributed by atoms with Crippen LogP contribution in [0.3, 0.4) is 0 Å². The van der Waals surface area contributed by atoms with E-state index in [1.807, 2.05) is 30.3 Å². The van der Waals surface area contributed by atoms with Crippen LogP contribution in [0.1, 0.15) is 11.7 Å². The van der Waals surface area contributed by atoms with Crippen LogP contribution in [-0.2, 0) is 9.53 Å². The van der Waals surface area contributed by atoms with Gasteiger partial charge in [0.05, 0.1) is 6.10 Å². The Bertz CT molecular complexity index is 450. The minimum atomic E-state index is -0.513. The molecular weight excluding hydrogens is 246 g/mol. The van der Waals surface area contributed by atoms with Crippen molar-refractivity contribution in [2.75, 3.05) is 20.2 Å². The molecule has 1 aliphatic heterocycles. The summed E-state index contributed by atoms with van der Waals surface area (Å²) in [5.41, 5.74) is 0.999. The van der Waals surface area contributed by atoms with Gasteiger partial charge in [0.25, 0.3) is 0 Å². The van der Waals surface area contributed by atoms with E-state index in [2.05, 4.69) is 16.0 Å². The molecule has 0 radical (unpaired) electrons. The normalized spacial score (nSPS) is 19.4. The largest absolute Gasteiger partial charge is 0.375 e. The minimum Gasteiger partial charge on any atom is -0.375 e. The molecule has 1 aromatic rings. The number of carbonyl (C=O) groups is 2. The number of benzene rings is 1. The molecule has 1 saturated heterocycles. The summed E-state index contributed by atoms with van der Waals surface area (Å²) in [6, 6.07) is 8.83. The molecule has 1 heterocycles. The summed E-state index contributed by atoms with van der Waals surface area (Å²) < 4.78 is 5.35. The van der Waals surface area contributed by atoms with Gasteiger partial charge in [-0.25, -0.2) is 4.79 Å². The zero-order chi connectivity index (χ0) is 13.7. The number of carbonyl (C=O) groups excluding carboxylic acids is 2. The molecule has 0 spiro atoms. The van der Waals surface area contributed by atoms with E-state index in [0.29, 0.717) is 13.1 Å². The first-order valence-electron chi connectivity index (χ1n) is 6.10. The Hall–Kier alpha value is -2.08. The number of methoxy groups -OCH3 is 1. The number of amides is 3. The zero-order valence-corrected chi connectivity index (χ0v) is 10.7. The first-order chi connectivity index (χ1) is 9.20. The van der Waals surface area contributed by atoms with Gasteiger partial charge >= 0.3 is 6.03 Å². The van der Waals surface area contributed by atoms with Crippen molar-refractivity contribution >= 4 is 11.9 Å². The van der Waals surface area contributed by atoms with E-state index in [9.17, 15) is 9.59 Å². The lowest BCUT2D eigenvalue weighted by atomic mass is 10.1. The molecule has 1 aliphatic rings. The first kappa shape index (κ1) is 13.4. The van der Waals surface area contributed by atoms with Crippen molar-refractivity contribution < 1.29 is 14.3 Å². The first-order valence-corrected chi connectivity index (χ1v) is 6.10. The predicted molar refractivity (Wildman–Crippen MR) is 69.5 cm³/mol. The van der Waals surface area contributed by atoms with Gasteiger partial charge in [-0.1, -0.05) is 30.3 Å². The lowest BCUT2D eigenvalue weighted by Gasteiger charge is -2.17.